The number of hydrogen-bond donors (Lipinski definition) is 6. The molecule has 0 aromatic rings. The van der Waals surface area contributed by atoms with E-state index in [4.69, 9.17) is 38.9 Å². The number of ether oxygens (including phenoxy) is 7. The number of nitrogens with two attached hydrogens (primary N) is 1. The summed E-state index contributed by atoms with van der Waals surface area (Å²) in [6.07, 6.45) is -9.50. The molecule has 0 aromatic heterocycles. The topological polar surface area (TPSA) is 279 Å². The summed E-state index contributed by atoms with van der Waals surface area (Å²) in [5, 5.41) is 75.3. The number of rotatable bonds is 19. The van der Waals surface area contributed by atoms with Crippen molar-refractivity contribution >= 4 is 11.8 Å². The van der Waals surface area contributed by atoms with Gasteiger partial charge in [0.25, 0.3) is 0 Å². The van der Waals surface area contributed by atoms with E-state index in [1.807, 2.05) is 27.7 Å². The van der Waals surface area contributed by atoms with Crippen molar-refractivity contribution in [1.82, 2.24) is 10.6 Å². The molecule has 15 atom stereocenters. The van der Waals surface area contributed by atoms with Gasteiger partial charge >= 0.3 is 88.7 Å². The Hall–Kier alpha value is 1.38. The average Bonchev–Trinajstić information content (AvgIpc) is 3.08. The largest absolute Gasteiger partial charge is 1.00 e. The predicted octanol–water partition coefficient (Wildman–Crippen LogP) is -14.5. The van der Waals surface area contributed by atoms with Crippen LogP contribution in [-0.2, 0) is 42.7 Å². The van der Waals surface area contributed by atoms with E-state index in [0.29, 0.717) is 0 Å². The van der Waals surface area contributed by atoms with Crippen molar-refractivity contribution in [3.05, 3.63) is 0 Å². The number of aliphatic hydroxyl groups excluding tert-OH is 3. The van der Waals surface area contributed by atoms with Crippen molar-refractivity contribution in [1.29, 1.82) is 0 Å². The van der Waals surface area contributed by atoms with E-state index in [-0.39, 0.29) is 141 Å². The Morgan fingerprint density at radius 2 is 0.927 bits per heavy atom. The second-order valence-electron chi connectivity index (χ2n) is 14.5. The van der Waals surface area contributed by atoms with Crippen molar-refractivity contribution in [2.45, 2.75) is 127 Å². The Bertz CT molecular complexity index is 1090. The zero-order valence-corrected chi connectivity index (χ0v) is 40.0. The van der Waals surface area contributed by atoms with E-state index in [9.17, 15) is 40.2 Å². The maximum absolute atomic E-state index is 12.4. The SMILES string of the molecule is CC(=O)NC1C(COCC2C(C[O-])OC(COC(C)C)C(N)C2O)OC(C[O-])C(COCC2OC(C[O-])C(COC(C)C)C(O)C2NC(C)=O)C1O.[Na+].[Na+].[Na+]. The smallest absolute Gasteiger partial charge is 0.853 e. The third kappa shape index (κ3) is 16.6. The van der Waals surface area contributed by atoms with Gasteiger partial charge < -0.3 is 80.2 Å². The summed E-state index contributed by atoms with van der Waals surface area (Å²) in [5.74, 6) is -3.34. The van der Waals surface area contributed by atoms with E-state index >= 15 is 0 Å². The first-order valence-electron chi connectivity index (χ1n) is 18.1. The molecule has 0 saturated carbocycles. The molecule has 304 valence electrons. The van der Waals surface area contributed by atoms with Gasteiger partial charge in [-0.1, -0.05) is 0 Å². The van der Waals surface area contributed by atoms with Crippen molar-refractivity contribution in [2.75, 3.05) is 59.5 Å². The Kier molecular flexibility index (Phi) is 28.8. The van der Waals surface area contributed by atoms with Crippen LogP contribution in [0.4, 0.5) is 0 Å². The summed E-state index contributed by atoms with van der Waals surface area (Å²) in [7, 11) is 0. The van der Waals surface area contributed by atoms with Gasteiger partial charge in [-0.3, -0.25) is 9.59 Å². The molecule has 3 heterocycles. The van der Waals surface area contributed by atoms with Crippen LogP contribution in [0, 0.1) is 17.8 Å². The van der Waals surface area contributed by atoms with Gasteiger partial charge in [-0.2, -0.15) is 0 Å². The minimum atomic E-state index is -1.34. The van der Waals surface area contributed by atoms with Gasteiger partial charge in [0.1, 0.15) is 12.2 Å². The fourth-order valence-electron chi connectivity index (χ4n) is 6.97. The maximum atomic E-state index is 12.4. The standard InChI is InChI=1S/C34H60N3O15.3Na/c1-16(2)48-12-22-25(9-40)52-28(31(34(22)45)37-19(6)42)14-47-11-21-24(8-39)51-27(30(33(21)44)36-18(5)41)13-46-10-20-23(7-38)50-26(15-49-17(3)4)29(35)32(20)43;;;/h16-17,20-34,43-45H,7-15,35H2,1-6H3,(H,36,41)(H,37,42);;;/q-3;3*+1. The average molecular weight is 820 g/mol. The maximum Gasteiger partial charge on any atom is 1.00 e. The molecule has 18 nitrogen and oxygen atoms in total. The number of carbonyl (C=O) groups is 2. The molecular formula is C34H60N3Na3O15. The van der Waals surface area contributed by atoms with Gasteiger partial charge in [0.15, 0.2) is 0 Å². The number of amides is 2. The number of hydrogen-bond acceptors (Lipinski definition) is 16. The van der Waals surface area contributed by atoms with Crippen LogP contribution >= 0.6 is 0 Å². The third-order valence-electron chi connectivity index (χ3n) is 9.79. The van der Waals surface area contributed by atoms with Gasteiger partial charge in [-0.05, 0) is 27.7 Å². The van der Waals surface area contributed by atoms with E-state index in [1.54, 1.807) is 0 Å². The molecule has 0 spiro atoms. The Morgan fingerprint density at radius 1 is 0.582 bits per heavy atom. The first-order chi connectivity index (χ1) is 24.6. The van der Waals surface area contributed by atoms with Gasteiger partial charge in [0.05, 0.1) is 113 Å². The molecule has 0 aliphatic carbocycles. The molecular weight excluding hydrogens is 759 g/mol. The summed E-state index contributed by atoms with van der Waals surface area (Å²) in [6, 6.07) is -2.83. The molecule has 21 heteroatoms. The molecule has 7 N–H and O–H groups in total. The number of nitrogens with one attached hydrogen (secondary N) is 2. The van der Waals surface area contributed by atoms with Crippen LogP contribution in [0.25, 0.3) is 0 Å². The molecule has 0 bridgehead atoms. The fraction of sp³-hybridized carbons (Fsp3) is 0.941. The fourth-order valence-corrected chi connectivity index (χ4v) is 6.97. The van der Waals surface area contributed by atoms with E-state index in [2.05, 4.69) is 10.6 Å². The van der Waals surface area contributed by atoms with Crippen LogP contribution < -0.4 is 120 Å². The van der Waals surface area contributed by atoms with Gasteiger partial charge in [-0.15, -0.1) is 19.8 Å². The zero-order chi connectivity index (χ0) is 38.7. The van der Waals surface area contributed by atoms with E-state index in [1.165, 1.54) is 13.8 Å². The summed E-state index contributed by atoms with van der Waals surface area (Å²) in [5.41, 5.74) is 6.22. The molecule has 3 saturated heterocycles. The first kappa shape index (κ1) is 56.4. The quantitative estimate of drug-likeness (QED) is 0.0660. The molecule has 3 fully saturated rings. The van der Waals surface area contributed by atoms with Crippen LogP contribution in [0.2, 0.25) is 0 Å². The molecule has 0 radical (unpaired) electrons. The second-order valence-corrected chi connectivity index (χ2v) is 14.5. The van der Waals surface area contributed by atoms with Crippen LogP contribution in [-0.4, -0.2) is 172 Å². The number of carbonyl (C=O) groups excluding carboxylic acids is 2. The molecule has 3 rings (SSSR count). The van der Waals surface area contributed by atoms with Crippen molar-refractivity contribution in [3.63, 3.8) is 0 Å². The Labute approximate surface area is 390 Å². The van der Waals surface area contributed by atoms with Crippen molar-refractivity contribution < 1.29 is 162 Å². The van der Waals surface area contributed by atoms with Gasteiger partial charge in [-0.25, -0.2) is 0 Å². The minimum absolute atomic E-state index is 0. The second kappa shape index (κ2) is 28.1. The summed E-state index contributed by atoms with van der Waals surface area (Å²) >= 11 is 0. The van der Waals surface area contributed by atoms with Gasteiger partial charge in [0, 0.05) is 31.6 Å². The van der Waals surface area contributed by atoms with Crippen LogP contribution in [0.15, 0.2) is 0 Å². The third-order valence-corrected chi connectivity index (χ3v) is 9.79. The first-order valence-corrected chi connectivity index (χ1v) is 18.1. The molecule has 15 unspecified atom stereocenters. The Morgan fingerprint density at radius 3 is 1.29 bits per heavy atom. The Balaban J connectivity index is 0.00000972. The summed E-state index contributed by atoms with van der Waals surface area (Å²) < 4.78 is 40.9. The summed E-state index contributed by atoms with van der Waals surface area (Å²) in [4.78, 5) is 24.2. The van der Waals surface area contributed by atoms with Gasteiger partial charge in [0.2, 0.25) is 11.8 Å². The minimum Gasteiger partial charge on any atom is -0.853 e. The molecule has 2 amide bonds. The molecule has 0 aromatic carbocycles. The van der Waals surface area contributed by atoms with Crippen LogP contribution in [0.1, 0.15) is 41.5 Å². The van der Waals surface area contributed by atoms with E-state index in [0.717, 1.165) is 0 Å². The predicted molar refractivity (Wildman–Crippen MR) is 176 cm³/mol. The molecule has 3 aliphatic rings. The van der Waals surface area contributed by atoms with Crippen molar-refractivity contribution in [2.24, 2.45) is 23.5 Å². The normalized spacial score (nSPS) is 36.3. The zero-order valence-electron chi connectivity index (χ0n) is 34.0. The number of aliphatic hydroxyl groups is 3. The molecule has 55 heavy (non-hydrogen) atoms. The van der Waals surface area contributed by atoms with E-state index < -0.39 is 122 Å². The molecule has 3 aliphatic heterocycles. The van der Waals surface area contributed by atoms with Crippen LogP contribution in [0.5, 0.6) is 0 Å². The van der Waals surface area contributed by atoms with Crippen LogP contribution in [0.3, 0.4) is 0 Å². The summed E-state index contributed by atoms with van der Waals surface area (Å²) in [6.45, 7) is 7.03. The monoisotopic (exact) mass is 819 g/mol. The van der Waals surface area contributed by atoms with Crippen molar-refractivity contribution in [3.8, 4) is 0 Å².